The van der Waals surface area contributed by atoms with E-state index in [1.807, 2.05) is 48.7 Å². The Balaban J connectivity index is 1.94. The minimum atomic E-state index is 0.0302. The zero-order valence-corrected chi connectivity index (χ0v) is 12.5. The summed E-state index contributed by atoms with van der Waals surface area (Å²) in [6, 6.07) is 13.2. The lowest BCUT2D eigenvalue weighted by Gasteiger charge is -2.10. The van der Waals surface area contributed by atoms with Gasteiger partial charge in [0.1, 0.15) is 12.4 Å². The van der Waals surface area contributed by atoms with Crippen LogP contribution in [0, 0.1) is 0 Å². The summed E-state index contributed by atoms with van der Waals surface area (Å²) in [5.74, 6) is 0.712. The van der Waals surface area contributed by atoms with Crippen LogP contribution < -0.4 is 10.3 Å². The van der Waals surface area contributed by atoms with Crippen molar-refractivity contribution >= 4 is 10.8 Å². The number of aromatic nitrogens is 2. The van der Waals surface area contributed by atoms with E-state index in [-0.39, 0.29) is 5.56 Å². The van der Waals surface area contributed by atoms with E-state index in [4.69, 9.17) is 4.74 Å². The van der Waals surface area contributed by atoms with Crippen LogP contribution in [-0.4, -0.2) is 9.55 Å². The second-order valence-corrected chi connectivity index (χ2v) is 5.14. The molecule has 22 heavy (non-hydrogen) atoms. The van der Waals surface area contributed by atoms with Gasteiger partial charge in [-0.1, -0.05) is 19.1 Å². The predicted molar refractivity (Wildman–Crippen MR) is 87.1 cm³/mol. The van der Waals surface area contributed by atoms with Crippen LogP contribution in [0.5, 0.6) is 5.75 Å². The maximum Gasteiger partial charge on any atom is 0.258 e. The Kier molecular flexibility index (Phi) is 4.19. The molecule has 0 unspecified atom stereocenters. The van der Waals surface area contributed by atoms with Crippen molar-refractivity contribution in [1.82, 2.24) is 9.55 Å². The van der Waals surface area contributed by atoms with Gasteiger partial charge < -0.3 is 9.30 Å². The van der Waals surface area contributed by atoms with Gasteiger partial charge in [-0.05, 0) is 36.8 Å². The minimum Gasteiger partial charge on any atom is -0.487 e. The molecule has 0 fully saturated rings. The van der Waals surface area contributed by atoms with Crippen molar-refractivity contribution in [3.8, 4) is 5.75 Å². The highest BCUT2D eigenvalue weighted by Crippen LogP contribution is 2.23. The predicted octanol–water partition coefficient (Wildman–Crippen LogP) is 3.39. The van der Waals surface area contributed by atoms with Crippen molar-refractivity contribution in [2.75, 3.05) is 0 Å². The quantitative estimate of drug-likeness (QED) is 0.724. The van der Waals surface area contributed by atoms with Crippen molar-refractivity contribution in [2.24, 2.45) is 0 Å². The van der Waals surface area contributed by atoms with Gasteiger partial charge in [-0.2, -0.15) is 0 Å². The highest BCUT2D eigenvalue weighted by Gasteiger charge is 2.07. The molecule has 0 amide bonds. The summed E-state index contributed by atoms with van der Waals surface area (Å²) in [7, 11) is 0. The molecule has 0 N–H and O–H groups in total. The highest BCUT2D eigenvalue weighted by atomic mass is 16.5. The average molecular weight is 294 g/mol. The van der Waals surface area contributed by atoms with Crippen molar-refractivity contribution in [3.05, 3.63) is 70.9 Å². The number of pyridine rings is 2. The zero-order chi connectivity index (χ0) is 15.4. The molecule has 3 rings (SSSR count). The Labute approximate surface area is 129 Å². The SMILES string of the molecule is CCCn1ccc2c(OCc3ccccn3)cccc2c1=O. The summed E-state index contributed by atoms with van der Waals surface area (Å²) in [5, 5.41) is 1.53. The summed E-state index contributed by atoms with van der Waals surface area (Å²) < 4.78 is 7.59. The second-order valence-electron chi connectivity index (χ2n) is 5.14. The number of rotatable bonds is 5. The Morgan fingerprint density at radius 2 is 2.00 bits per heavy atom. The first kappa shape index (κ1) is 14.3. The molecule has 0 atom stereocenters. The molecule has 2 aromatic heterocycles. The van der Waals surface area contributed by atoms with Gasteiger partial charge in [-0.25, -0.2) is 0 Å². The molecule has 0 spiro atoms. The maximum absolute atomic E-state index is 12.4. The Morgan fingerprint density at radius 1 is 1.09 bits per heavy atom. The van der Waals surface area contributed by atoms with Gasteiger partial charge in [0.25, 0.3) is 5.56 Å². The van der Waals surface area contributed by atoms with Crippen LogP contribution in [-0.2, 0) is 13.2 Å². The van der Waals surface area contributed by atoms with E-state index in [1.165, 1.54) is 0 Å². The maximum atomic E-state index is 12.4. The molecule has 0 aliphatic rings. The molecule has 4 heteroatoms. The normalized spacial score (nSPS) is 10.8. The van der Waals surface area contributed by atoms with E-state index in [0.717, 1.165) is 24.0 Å². The molecular weight excluding hydrogens is 276 g/mol. The Bertz CT molecular complexity index is 825. The topological polar surface area (TPSA) is 44.1 Å². The van der Waals surface area contributed by atoms with Gasteiger partial charge in [0.15, 0.2) is 0 Å². The lowest BCUT2D eigenvalue weighted by Crippen LogP contribution is -2.19. The van der Waals surface area contributed by atoms with Gasteiger partial charge in [-0.15, -0.1) is 0 Å². The van der Waals surface area contributed by atoms with E-state index < -0.39 is 0 Å². The molecule has 0 aliphatic heterocycles. The average Bonchev–Trinajstić information content (AvgIpc) is 2.57. The molecule has 0 saturated carbocycles. The van der Waals surface area contributed by atoms with E-state index >= 15 is 0 Å². The number of hydrogen-bond donors (Lipinski definition) is 0. The third-order valence-corrected chi connectivity index (χ3v) is 3.54. The van der Waals surface area contributed by atoms with E-state index in [9.17, 15) is 4.79 Å². The first-order valence-electron chi connectivity index (χ1n) is 7.44. The van der Waals surface area contributed by atoms with Crippen LogP contribution in [0.25, 0.3) is 10.8 Å². The molecular formula is C18H18N2O2. The first-order chi connectivity index (χ1) is 10.8. The monoisotopic (exact) mass is 294 g/mol. The number of fused-ring (bicyclic) bond motifs is 1. The molecule has 4 nitrogen and oxygen atoms in total. The van der Waals surface area contributed by atoms with Gasteiger partial charge in [-0.3, -0.25) is 9.78 Å². The third-order valence-electron chi connectivity index (χ3n) is 3.54. The summed E-state index contributed by atoms with van der Waals surface area (Å²) in [5.41, 5.74) is 0.890. The van der Waals surface area contributed by atoms with Crippen LogP contribution in [0.15, 0.2) is 59.7 Å². The number of benzene rings is 1. The van der Waals surface area contributed by atoms with Crippen molar-refractivity contribution in [3.63, 3.8) is 0 Å². The van der Waals surface area contributed by atoms with E-state index in [0.29, 0.717) is 17.7 Å². The van der Waals surface area contributed by atoms with Crippen LogP contribution in [0.1, 0.15) is 19.0 Å². The molecule has 1 aromatic carbocycles. The van der Waals surface area contributed by atoms with E-state index in [2.05, 4.69) is 11.9 Å². The zero-order valence-electron chi connectivity index (χ0n) is 12.5. The van der Waals surface area contributed by atoms with Gasteiger partial charge in [0.2, 0.25) is 0 Å². The third kappa shape index (κ3) is 2.86. The fourth-order valence-electron chi connectivity index (χ4n) is 2.47. The minimum absolute atomic E-state index is 0.0302. The molecule has 2 heterocycles. The van der Waals surface area contributed by atoms with E-state index in [1.54, 1.807) is 10.8 Å². The fourth-order valence-corrected chi connectivity index (χ4v) is 2.47. The van der Waals surface area contributed by atoms with Crippen LogP contribution in [0.3, 0.4) is 0 Å². The number of ether oxygens (including phenoxy) is 1. The molecule has 3 aromatic rings. The Morgan fingerprint density at radius 3 is 2.77 bits per heavy atom. The van der Waals surface area contributed by atoms with Crippen molar-refractivity contribution in [1.29, 1.82) is 0 Å². The standard InChI is InChI=1S/C18H18N2O2/c1-2-11-20-12-9-15-16(18(20)21)7-5-8-17(15)22-13-14-6-3-4-10-19-14/h3-10,12H,2,11,13H2,1H3. The van der Waals surface area contributed by atoms with Crippen LogP contribution >= 0.6 is 0 Å². The number of nitrogens with zero attached hydrogens (tertiary/aromatic N) is 2. The van der Waals surface area contributed by atoms with Crippen LogP contribution in [0.4, 0.5) is 0 Å². The smallest absolute Gasteiger partial charge is 0.258 e. The van der Waals surface area contributed by atoms with Crippen molar-refractivity contribution in [2.45, 2.75) is 26.5 Å². The second kappa shape index (κ2) is 6.43. The molecule has 112 valence electrons. The Hall–Kier alpha value is -2.62. The molecule has 0 saturated heterocycles. The highest BCUT2D eigenvalue weighted by molar-refractivity contribution is 5.87. The number of aryl methyl sites for hydroxylation is 1. The van der Waals surface area contributed by atoms with Crippen molar-refractivity contribution < 1.29 is 4.74 Å². The molecule has 0 radical (unpaired) electrons. The fraction of sp³-hybridized carbons (Fsp3) is 0.222. The summed E-state index contributed by atoms with van der Waals surface area (Å²) >= 11 is 0. The summed E-state index contributed by atoms with van der Waals surface area (Å²) in [6.07, 6.45) is 4.51. The van der Waals surface area contributed by atoms with Gasteiger partial charge >= 0.3 is 0 Å². The number of hydrogen-bond acceptors (Lipinski definition) is 3. The lowest BCUT2D eigenvalue weighted by atomic mass is 10.1. The van der Waals surface area contributed by atoms with Gasteiger partial charge in [0.05, 0.1) is 11.1 Å². The largest absolute Gasteiger partial charge is 0.487 e. The molecule has 0 aliphatic carbocycles. The lowest BCUT2D eigenvalue weighted by molar-refractivity contribution is 0.305. The first-order valence-corrected chi connectivity index (χ1v) is 7.44. The molecule has 0 bridgehead atoms. The summed E-state index contributed by atoms with van der Waals surface area (Å²) in [6.45, 7) is 3.18. The van der Waals surface area contributed by atoms with Crippen LogP contribution in [0.2, 0.25) is 0 Å². The van der Waals surface area contributed by atoms with Gasteiger partial charge in [0, 0.05) is 24.3 Å². The summed E-state index contributed by atoms with van der Waals surface area (Å²) in [4.78, 5) is 16.7.